The summed E-state index contributed by atoms with van der Waals surface area (Å²) < 4.78 is 19.6. The number of rotatable bonds is 6. The number of nitrogens with zero attached hydrogens (tertiary/aromatic N) is 2. The molecule has 0 radical (unpaired) electrons. The fourth-order valence-electron chi connectivity index (χ4n) is 4.25. The molecule has 1 aliphatic heterocycles. The van der Waals surface area contributed by atoms with Crippen LogP contribution in [-0.2, 0) is 16.0 Å². The molecule has 0 saturated carbocycles. The fourth-order valence-corrected chi connectivity index (χ4v) is 4.25. The molecule has 4 aromatic rings. The molecule has 1 atom stereocenters. The smallest absolute Gasteiger partial charge is 0.229 e. The van der Waals surface area contributed by atoms with Crippen molar-refractivity contribution in [2.24, 2.45) is 5.92 Å². The van der Waals surface area contributed by atoms with Crippen LogP contribution in [0.3, 0.4) is 0 Å². The largest absolute Gasteiger partial charge is 0.497 e. The second-order valence-corrected chi connectivity index (χ2v) is 7.88. The molecule has 1 aliphatic rings. The van der Waals surface area contributed by atoms with E-state index in [0.29, 0.717) is 18.5 Å². The average Bonchev–Trinajstić information content (AvgIpc) is 3.50. The molecule has 1 fully saturated rings. The zero-order chi connectivity index (χ0) is 22.2. The third-order valence-corrected chi connectivity index (χ3v) is 5.94. The van der Waals surface area contributed by atoms with Gasteiger partial charge in [0.25, 0.3) is 0 Å². The standard InChI is InChI=1S/C23H22FN5O3/c1-32-15-5-6-18-16(10-15)13(11-26-18)7-8-25-23(31)14-9-20(30)29(12-14)22-21-17(24)3-2-4-19(21)27-28-22/h2-6,10-11,14,26H,7-9,12H2,1H3,(H,25,31)(H,27,28)/t14-/m1/s1. The highest BCUT2D eigenvalue weighted by Crippen LogP contribution is 2.31. The summed E-state index contributed by atoms with van der Waals surface area (Å²) >= 11 is 0. The number of anilines is 1. The lowest BCUT2D eigenvalue weighted by atomic mass is 10.1. The zero-order valence-corrected chi connectivity index (χ0v) is 17.4. The van der Waals surface area contributed by atoms with E-state index >= 15 is 0 Å². The molecular formula is C23H22FN5O3. The highest BCUT2D eigenvalue weighted by molar-refractivity contribution is 6.05. The number of benzene rings is 2. The van der Waals surface area contributed by atoms with Crippen LogP contribution in [0.15, 0.2) is 42.6 Å². The van der Waals surface area contributed by atoms with E-state index in [1.165, 1.54) is 11.0 Å². The molecule has 1 saturated heterocycles. The average molecular weight is 435 g/mol. The summed E-state index contributed by atoms with van der Waals surface area (Å²) in [5.41, 5.74) is 2.58. The lowest BCUT2D eigenvalue weighted by Crippen LogP contribution is -2.34. The second kappa shape index (κ2) is 7.99. The number of fused-ring (bicyclic) bond motifs is 2. The first-order valence-corrected chi connectivity index (χ1v) is 10.4. The molecule has 0 bridgehead atoms. The number of methoxy groups -OCH3 is 1. The number of carbonyl (C=O) groups is 2. The predicted molar refractivity (Wildman–Crippen MR) is 118 cm³/mol. The van der Waals surface area contributed by atoms with Crippen LogP contribution in [0.25, 0.3) is 21.8 Å². The van der Waals surface area contributed by atoms with Gasteiger partial charge in [-0.25, -0.2) is 4.39 Å². The first-order valence-electron chi connectivity index (χ1n) is 10.4. The van der Waals surface area contributed by atoms with E-state index in [-0.39, 0.29) is 36.0 Å². The topological polar surface area (TPSA) is 103 Å². The number of hydrogen-bond donors (Lipinski definition) is 3. The van der Waals surface area contributed by atoms with Gasteiger partial charge >= 0.3 is 0 Å². The maximum atomic E-state index is 14.3. The minimum atomic E-state index is -0.510. The molecule has 3 N–H and O–H groups in total. The van der Waals surface area contributed by atoms with Crippen LogP contribution in [0.2, 0.25) is 0 Å². The Hall–Kier alpha value is -3.88. The molecule has 164 valence electrons. The van der Waals surface area contributed by atoms with Crippen LogP contribution in [-0.4, -0.2) is 47.2 Å². The van der Waals surface area contributed by atoms with Crippen LogP contribution in [0.5, 0.6) is 5.75 Å². The molecule has 5 rings (SSSR count). The van der Waals surface area contributed by atoms with Crippen molar-refractivity contribution in [3.63, 3.8) is 0 Å². The maximum absolute atomic E-state index is 14.3. The van der Waals surface area contributed by atoms with Gasteiger partial charge < -0.3 is 15.0 Å². The summed E-state index contributed by atoms with van der Waals surface area (Å²) in [4.78, 5) is 29.9. The Bertz CT molecular complexity index is 1330. The van der Waals surface area contributed by atoms with Crippen LogP contribution in [0, 0.1) is 11.7 Å². The molecule has 0 unspecified atom stereocenters. The minimum Gasteiger partial charge on any atom is -0.497 e. The number of nitrogens with one attached hydrogen (secondary N) is 3. The quantitative estimate of drug-likeness (QED) is 0.433. The van der Waals surface area contributed by atoms with Gasteiger partial charge in [-0.15, -0.1) is 0 Å². The summed E-state index contributed by atoms with van der Waals surface area (Å²) in [6.07, 6.45) is 2.63. The summed E-state index contributed by atoms with van der Waals surface area (Å²) in [5, 5.41) is 11.1. The lowest BCUT2D eigenvalue weighted by molar-refractivity contribution is -0.126. The Morgan fingerprint density at radius 3 is 3.03 bits per heavy atom. The molecule has 3 heterocycles. The number of H-pyrrole nitrogens is 2. The molecule has 8 nitrogen and oxygen atoms in total. The molecule has 2 aromatic heterocycles. The van der Waals surface area contributed by atoms with Crippen LogP contribution in [0.4, 0.5) is 10.2 Å². The number of aromatic amines is 2. The van der Waals surface area contributed by atoms with Crippen molar-refractivity contribution in [2.45, 2.75) is 12.8 Å². The molecule has 9 heteroatoms. The fraction of sp³-hybridized carbons (Fsp3) is 0.261. The van der Waals surface area contributed by atoms with E-state index in [0.717, 1.165) is 22.2 Å². The Morgan fingerprint density at radius 1 is 1.31 bits per heavy atom. The van der Waals surface area contributed by atoms with E-state index in [2.05, 4.69) is 20.5 Å². The van der Waals surface area contributed by atoms with E-state index in [1.54, 1.807) is 19.2 Å². The maximum Gasteiger partial charge on any atom is 0.229 e. The van der Waals surface area contributed by atoms with Crippen molar-refractivity contribution in [3.8, 4) is 5.75 Å². The van der Waals surface area contributed by atoms with Gasteiger partial charge in [0.15, 0.2) is 5.82 Å². The highest BCUT2D eigenvalue weighted by Gasteiger charge is 2.37. The van der Waals surface area contributed by atoms with E-state index < -0.39 is 11.7 Å². The summed E-state index contributed by atoms with van der Waals surface area (Å²) in [5.74, 6) is -0.407. The van der Waals surface area contributed by atoms with Crippen molar-refractivity contribution in [1.29, 1.82) is 0 Å². The van der Waals surface area contributed by atoms with Crippen molar-refractivity contribution in [1.82, 2.24) is 20.5 Å². The Labute approximate surface area is 182 Å². The van der Waals surface area contributed by atoms with Crippen LogP contribution in [0.1, 0.15) is 12.0 Å². The normalized spacial score (nSPS) is 16.2. The van der Waals surface area contributed by atoms with Gasteiger partial charge in [-0.1, -0.05) is 6.07 Å². The van der Waals surface area contributed by atoms with Crippen LogP contribution >= 0.6 is 0 Å². The van der Waals surface area contributed by atoms with Crippen LogP contribution < -0.4 is 15.0 Å². The lowest BCUT2D eigenvalue weighted by Gasteiger charge is -2.14. The van der Waals surface area contributed by atoms with E-state index in [1.807, 2.05) is 24.4 Å². The predicted octanol–water partition coefficient (Wildman–Crippen LogP) is 2.90. The number of hydrogen-bond acceptors (Lipinski definition) is 4. The summed E-state index contributed by atoms with van der Waals surface area (Å²) in [6.45, 7) is 0.608. The van der Waals surface area contributed by atoms with Gasteiger partial charge in [0.1, 0.15) is 11.6 Å². The first-order chi connectivity index (χ1) is 15.5. The summed E-state index contributed by atoms with van der Waals surface area (Å²) in [6, 6.07) is 10.4. The minimum absolute atomic E-state index is 0.0684. The number of ether oxygens (including phenoxy) is 1. The van der Waals surface area contributed by atoms with Gasteiger partial charge in [-0.05, 0) is 42.3 Å². The SMILES string of the molecule is COc1ccc2[nH]cc(CCNC(=O)[C@@H]3CC(=O)N(c4n[nH]c5cccc(F)c45)C3)c2c1. The Balaban J connectivity index is 1.24. The Kier molecular flexibility index (Phi) is 5.01. The highest BCUT2D eigenvalue weighted by atomic mass is 19.1. The molecular weight excluding hydrogens is 413 g/mol. The van der Waals surface area contributed by atoms with E-state index in [4.69, 9.17) is 4.74 Å². The third kappa shape index (κ3) is 3.45. The second-order valence-electron chi connectivity index (χ2n) is 7.88. The zero-order valence-electron chi connectivity index (χ0n) is 17.4. The van der Waals surface area contributed by atoms with Gasteiger partial charge in [0, 0.05) is 36.6 Å². The molecule has 0 aliphatic carbocycles. The van der Waals surface area contributed by atoms with E-state index in [9.17, 15) is 14.0 Å². The van der Waals surface area contributed by atoms with Crippen molar-refractivity contribution in [2.75, 3.05) is 25.1 Å². The number of halogens is 1. The van der Waals surface area contributed by atoms with Gasteiger partial charge in [0.2, 0.25) is 11.8 Å². The Morgan fingerprint density at radius 2 is 2.19 bits per heavy atom. The van der Waals surface area contributed by atoms with Crippen molar-refractivity contribution < 1.29 is 18.7 Å². The first kappa shape index (κ1) is 20.0. The third-order valence-electron chi connectivity index (χ3n) is 5.94. The number of aromatic nitrogens is 3. The van der Waals surface area contributed by atoms with Crippen molar-refractivity contribution in [3.05, 3.63) is 54.0 Å². The monoisotopic (exact) mass is 435 g/mol. The van der Waals surface area contributed by atoms with Crippen molar-refractivity contribution >= 4 is 39.4 Å². The molecule has 2 amide bonds. The van der Waals surface area contributed by atoms with Gasteiger partial charge in [0.05, 0.1) is 23.9 Å². The van der Waals surface area contributed by atoms with Gasteiger partial charge in [-0.2, -0.15) is 5.10 Å². The summed E-state index contributed by atoms with van der Waals surface area (Å²) in [7, 11) is 1.63. The molecule has 2 aromatic carbocycles. The number of amides is 2. The van der Waals surface area contributed by atoms with Gasteiger partial charge in [-0.3, -0.25) is 19.6 Å². The molecule has 32 heavy (non-hydrogen) atoms. The number of carbonyl (C=O) groups excluding carboxylic acids is 2. The molecule has 0 spiro atoms.